The van der Waals surface area contributed by atoms with Crippen molar-refractivity contribution in [2.45, 2.75) is 128 Å². The van der Waals surface area contributed by atoms with Gasteiger partial charge in [0.2, 0.25) is 0 Å². The lowest BCUT2D eigenvalue weighted by Gasteiger charge is -2.10. The average Bonchev–Trinajstić information content (AvgIpc) is 1.70. The molecule has 0 saturated carbocycles. The van der Waals surface area contributed by atoms with E-state index in [0.29, 0.717) is 64.6 Å². The van der Waals surface area contributed by atoms with Gasteiger partial charge in [-0.25, -0.2) is 54.6 Å². The number of thiazole rings is 10. The highest BCUT2D eigenvalue weighted by Gasteiger charge is 2.27. The number of esters is 1. The van der Waals surface area contributed by atoms with Crippen LogP contribution in [0.3, 0.4) is 0 Å². The van der Waals surface area contributed by atoms with Gasteiger partial charge in [-0.1, -0.05) is 118 Å². The zero-order valence-corrected chi connectivity index (χ0v) is 67.9. The Balaban J connectivity index is 0.000000164. The van der Waals surface area contributed by atoms with Gasteiger partial charge in [0.1, 0.15) is 22.8 Å². The molecule has 0 saturated heterocycles. The molecular formula is C73H84N14O6S10. The SMILES string of the molecule is CC(C)Cc1sc(-c2nccs2)nc1C(=O)N(C)C.CC(C)Cc1sc(-c2nccs2)nc1C(=O)NCc1ccccc1.CC(C)Cc1sc(-c2nccs2)nc1C(=O)Nc1ccccc1.CC(C)Cc1sc(-c2nccs2)nc1C(=O)OC(C)C.CC(C)Cc1sc(-c2nccs2)nc1C(N)=O. The number of nitrogens with two attached hydrogens (primary N) is 1. The van der Waals surface area contributed by atoms with E-state index in [0.717, 1.165) is 118 Å². The molecule has 0 spiro atoms. The Morgan fingerprint density at radius 1 is 0.408 bits per heavy atom. The topological polar surface area (TPSA) is 277 Å². The van der Waals surface area contributed by atoms with Crippen molar-refractivity contribution >= 4 is 149 Å². The fourth-order valence-electron chi connectivity index (χ4n) is 9.34. The molecule has 103 heavy (non-hydrogen) atoms. The van der Waals surface area contributed by atoms with Crippen LogP contribution in [0.5, 0.6) is 0 Å². The van der Waals surface area contributed by atoms with Crippen molar-refractivity contribution in [1.29, 1.82) is 0 Å². The van der Waals surface area contributed by atoms with Gasteiger partial charge in [-0.3, -0.25) is 19.2 Å². The number of hydrogen-bond donors (Lipinski definition) is 3. The normalized spacial score (nSPS) is 11.0. The standard InChI is InChI=1S/C18H19N3OS2.C17H17N3OS2.C14H18N2O2S2.C13H17N3OS2.C11H13N3OS2/c1-12(2)10-14-15(21-18(24-14)17-19-8-9-23-17)16(22)20-11-13-6-4-3-5-7-13;1-11(2)10-13-14(15(21)19-12-6-4-3-5-7-12)20-17(23-13)16-18-8-9-22-16;1-8(2)7-10-11(14(17)18-9(3)4)16-13(20-10)12-15-5-6-19-12;1-8(2)7-9-10(13(17)16(3)4)15-12(19-9)11-14-5-6-18-11;1-6(2)5-7-8(9(12)15)14-11(17-7)10-13-3-4-16-10/h3-9,12H,10-11H2,1-2H3,(H,20,22);3-9,11H,10H2,1-2H3,(H,19,21);5-6,8-9H,7H2,1-4H3;5-6,8H,7H2,1-4H3;3-4,6H,5H2,1-2H3,(H2,12,15). The summed E-state index contributed by atoms with van der Waals surface area (Å²) in [7, 11) is 3.51. The summed E-state index contributed by atoms with van der Waals surface area (Å²) in [6, 6.07) is 19.3. The third-order valence-electron chi connectivity index (χ3n) is 13.7. The van der Waals surface area contributed by atoms with Crippen LogP contribution >= 0.6 is 113 Å². The van der Waals surface area contributed by atoms with Gasteiger partial charge in [-0.05, 0) is 93.2 Å². The molecule has 4 N–H and O–H groups in total. The van der Waals surface area contributed by atoms with Gasteiger partial charge in [0.05, 0.1) is 6.10 Å². The highest BCUT2D eigenvalue weighted by Crippen LogP contribution is 2.37. The Morgan fingerprint density at radius 2 is 0.718 bits per heavy atom. The molecule has 12 rings (SSSR count). The van der Waals surface area contributed by atoms with Crippen LogP contribution in [0.1, 0.15) is 165 Å². The molecule has 0 radical (unpaired) electrons. The Kier molecular flexibility index (Phi) is 31.2. The number of nitrogens with one attached hydrogen (secondary N) is 2. The van der Waals surface area contributed by atoms with Crippen LogP contribution in [-0.2, 0) is 43.4 Å². The van der Waals surface area contributed by atoms with Crippen LogP contribution < -0.4 is 16.4 Å². The molecule has 10 aromatic heterocycles. The number of anilines is 1. The first kappa shape index (κ1) is 80.8. The van der Waals surface area contributed by atoms with Gasteiger partial charge in [0, 0.05) is 109 Å². The summed E-state index contributed by atoms with van der Waals surface area (Å²) >= 11 is 15.4. The summed E-state index contributed by atoms with van der Waals surface area (Å²) in [6.45, 7) is 25.5. The molecule has 0 bridgehead atoms. The van der Waals surface area contributed by atoms with E-state index in [1.807, 2.05) is 101 Å². The number of rotatable bonds is 24. The summed E-state index contributed by atoms with van der Waals surface area (Å²) in [6.07, 6.45) is 12.8. The molecule has 542 valence electrons. The molecule has 10 heterocycles. The second kappa shape index (κ2) is 39.8. The number of hydrogen-bond acceptors (Lipinski definition) is 26. The smallest absolute Gasteiger partial charge is 0.358 e. The zero-order valence-electron chi connectivity index (χ0n) is 59.8. The van der Waals surface area contributed by atoms with Gasteiger partial charge < -0.3 is 26.0 Å². The van der Waals surface area contributed by atoms with E-state index in [2.05, 4.69) is 130 Å². The number of nitrogens with zero attached hydrogens (tertiary/aromatic N) is 11. The summed E-state index contributed by atoms with van der Waals surface area (Å²) in [5.41, 5.74) is 9.67. The predicted octanol–water partition coefficient (Wildman–Crippen LogP) is 18.9. The van der Waals surface area contributed by atoms with Crippen molar-refractivity contribution in [2.24, 2.45) is 35.3 Å². The molecule has 30 heteroatoms. The van der Waals surface area contributed by atoms with E-state index in [1.54, 1.807) is 107 Å². The van der Waals surface area contributed by atoms with Gasteiger partial charge >= 0.3 is 5.97 Å². The maximum atomic E-state index is 12.6. The number of ether oxygens (including phenoxy) is 1. The van der Waals surface area contributed by atoms with Crippen molar-refractivity contribution in [2.75, 3.05) is 19.4 Å². The van der Waals surface area contributed by atoms with Gasteiger partial charge in [0.25, 0.3) is 23.6 Å². The Hall–Kier alpha value is -7.91. The van der Waals surface area contributed by atoms with Crippen LogP contribution in [0.4, 0.5) is 5.69 Å². The predicted molar refractivity (Wildman–Crippen MR) is 428 cm³/mol. The Morgan fingerprint density at radius 3 is 1.05 bits per heavy atom. The number of primary amides is 1. The average molecular weight is 1570 g/mol. The fraction of sp³-hybridized carbons (Fsp3) is 0.356. The number of para-hydroxylation sites is 1. The van der Waals surface area contributed by atoms with Crippen LogP contribution in [0.25, 0.3) is 50.1 Å². The van der Waals surface area contributed by atoms with Crippen LogP contribution in [0, 0.1) is 29.6 Å². The first-order valence-electron chi connectivity index (χ1n) is 33.2. The number of carbonyl (C=O) groups excluding carboxylic acids is 5. The first-order chi connectivity index (χ1) is 49.3. The van der Waals surface area contributed by atoms with Crippen molar-refractivity contribution in [3.63, 3.8) is 0 Å². The molecule has 2 aromatic carbocycles. The maximum absolute atomic E-state index is 12.6. The molecule has 0 unspecified atom stereocenters. The van der Waals surface area contributed by atoms with Gasteiger partial charge in [0.15, 0.2) is 55.8 Å². The first-order valence-corrected chi connectivity index (χ1v) is 41.7. The van der Waals surface area contributed by atoms with Gasteiger partial charge in [-0.15, -0.1) is 113 Å². The summed E-state index contributed by atoms with van der Waals surface area (Å²) in [5.74, 6) is 1.25. The molecule has 0 aliphatic heterocycles. The van der Waals surface area contributed by atoms with Crippen molar-refractivity contribution in [1.82, 2.24) is 60.1 Å². The van der Waals surface area contributed by atoms with E-state index in [-0.39, 0.29) is 29.8 Å². The molecule has 0 aliphatic carbocycles. The Bertz CT molecular complexity index is 4560. The minimum Gasteiger partial charge on any atom is -0.458 e. The fourth-order valence-corrected chi connectivity index (χ4v) is 19.1. The van der Waals surface area contributed by atoms with Crippen LogP contribution in [-0.4, -0.2) is 105 Å². The second-order valence-electron chi connectivity index (χ2n) is 25.6. The molecular weight excluding hydrogens is 1490 g/mol. The lowest BCUT2D eigenvalue weighted by Crippen LogP contribution is -2.24. The monoisotopic (exact) mass is 1570 g/mol. The van der Waals surface area contributed by atoms with E-state index < -0.39 is 5.91 Å². The lowest BCUT2D eigenvalue weighted by molar-refractivity contribution is 0.0370. The minimum atomic E-state index is -0.459. The number of benzene rings is 2. The zero-order chi connectivity index (χ0) is 74.3. The van der Waals surface area contributed by atoms with Crippen molar-refractivity contribution in [3.8, 4) is 50.1 Å². The number of aromatic nitrogens is 10. The van der Waals surface area contributed by atoms with Crippen LogP contribution in [0.2, 0.25) is 0 Å². The third kappa shape index (κ3) is 24.6. The van der Waals surface area contributed by atoms with Gasteiger partial charge in [-0.2, -0.15) is 0 Å². The molecule has 0 fully saturated rings. The quantitative estimate of drug-likeness (QED) is 0.0474. The molecule has 4 amide bonds. The van der Waals surface area contributed by atoms with E-state index in [4.69, 9.17) is 10.5 Å². The van der Waals surface area contributed by atoms with Crippen molar-refractivity contribution < 1.29 is 28.7 Å². The van der Waals surface area contributed by atoms with E-state index in [1.165, 1.54) is 56.7 Å². The third-order valence-corrected chi connectivity index (χ3v) is 23.6. The number of carbonyl (C=O) groups is 5. The molecule has 20 nitrogen and oxygen atoms in total. The minimum absolute atomic E-state index is 0.0327. The lowest BCUT2D eigenvalue weighted by atomic mass is 10.1. The Labute approximate surface area is 641 Å². The second-order valence-corrected chi connectivity index (χ2v) is 35.5. The molecule has 12 aromatic rings. The molecule has 0 atom stereocenters. The number of amides is 4. The summed E-state index contributed by atoms with van der Waals surface area (Å²) < 4.78 is 5.28. The van der Waals surface area contributed by atoms with E-state index >= 15 is 0 Å². The highest BCUT2D eigenvalue weighted by atomic mass is 32.1. The largest absolute Gasteiger partial charge is 0.458 e. The maximum Gasteiger partial charge on any atom is 0.358 e. The highest BCUT2D eigenvalue weighted by molar-refractivity contribution is 7.23. The van der Waals surface area contributed by atoms with E-state index in [9.17, 15) is 24.0 Å². The van der Waals surface area contributed by atoms with Crippen molar-refractivity contribution in [3.05, 3.63) is 177 Å². The summed E-state index contributed by atoms with van der Waals surface area (Å²) in [4.78, 5) is 111. The molecule has 0 aliphatic rings. The van der Waals surface area contributed by atoms with Crippen LogP contribution in [0.15, 0.2) is 119 Å². The summed E-state index contributed by atoms with van der Waals surface area (Å²) in [5, 5.41) is 23.8.